The summed E-state index contributed by atoms with van der Waals surface area (Å²) in [5.41, 5.74) is 2.66. The number of aromatic nitrogens is 1. The SMILES string of the molecule is CB(c1ccccc1)c1ccncc1. The summed E-state index contributed by atoms with van der Waals surface area (Å²) in [6.07, 6.45) is 3.68. The van der Waals surface area contributed by atoms with Gasteiger partial charge in [0, 0.05) is 12.4 Å². The number of rotatable bonds is 2. The number of benzene rings is 1. The average Bonchev–Trinajstić information content (AvgIpc) is 2.30. The maximum absolute atomic E-state index is 4.02. The van der Waals surface area contributed by atoms with Crippen molar-refractivity contribution >= 4 is 17.6 Å². The summed E-state index contributed by atoms with van der Waals surface area (Å²) in [4.78, 5) is 4.02. The lowest BCUT2D eigenvalue weighted by molar-refractivity contribution is 1.34. The highest BCUT2D eigenvalue weighted by atomic mass is 14.6. The van der Waals surface area contributed by atoms with Gasteiger partial charge in [-0.3, -0.25) is 4.98 Å². The normalized spacial score (nSPS) is 9.79. The minimum Gasteiger partial charge on any atom is -0.265 e. The zero-order chi connectivity index (χ0) is 9.80. The Kier molecular flexibility index (Phi) is 2.64. The van der Waals surface area contributed by atoms with E-state index in [4.69, 9.17) is 0 Å². The van der Waals surface area contributed by atoms with Crippen molar-refractivity contribution in [3.63, 3.8) is 0 Å². The van der Waals surface area contributed by atoms with Gasteiger partial charge >= 0.3 is 0 Å². The van der Waals surface area contributed by atoms with E-state index in [1.54, 1.807) is 0 Å². The summed E-state index contributed by atoms with van der Waals surface area (Å²) in [6.45, 7) is 2.66. The summed E-state index contributed by atoms with van der Waals surface area (Å²) in [5.74, 6) is 0. The molecular formula is C12H12BN. The van der Waals surface area contributed by atoms with E-state index < -0.39 is 0 Å². The van der Waals surface area contributed by atoms with Gasteiger partial charge in [-0.25, -0.2) is 0 Å². The van der Waals surface area contributed by atoms with Crippen LogP contribution in [-0.4, -0.2) is 11.7 Å². The highest BCUT2D eigenvalue weighted by molar-refractivity contribution is 6.84. The zero-order valence-corrected chi connectivity index (χ0v) is 8.22. The van der Waals surface area contributed by atoms with E-state index in [1.807, 2.05) is 18.5 Å². The van der Waals surface area contributed by atoms with E-state index in [2.05, 4.69) is 48.2 Å². The Morgan fingerprint density at radius 2 is 1.43 bits per heavy atom. The Balaban J connectivity index is 2.30. The van der Waals surface area contributed by atoms with Crippen molar-refractivity contribution in [1.29, 1.82) is 0 Å². The second-order valence-corrected chi connectivity index (χ2v) is 3.41. The van der Waals surface area contributed by atoms with Gasteiger partial charge < -0.3 is 0 Å². The first-order chi connectivity index (χ1) is 6.88. The molecule has 1 aromatic heterocycles. The lowest BCUT2D eigenvalue weighted by Crippen LogP contribution is -2.38. The molecule has 0 spiro atoms. The molecule has 0 aliphatic heterocycles. The molecule has 0 radical (unpaired) electrons. The van der Waals surface area contributed by atoms with Gasteiger partial charge in [0.15, 0.2) is 0 Å². The fourth-order valence-electron chi connectivity index (χ4n) is 1.59. The van der Waals surface area contributed by atoms with Gasteiger partial charge in [0.25, 0.3) is 0 Å². The van der Waals surface area contributed by atoms with Gasteiger partial charge in [-0.15, -0.1) is 0 Å². The molecule has 0 N–H and O–H groups in total. The quantitative estimate of drug-likeness (QED) is 0.636. The summed E-state index contributed by atoms with van der Waals surface area (Å²) in [5, 5.41) is 0. The molecule has 2 heteroatoms. The fourth-order valence-corrected chi connectivity index (χ4v) is 1.59. The third kappa shape index (κ3) is 1.85. The molecule has 0 atom stereocenters. The van der Waals surface area contributed by atoms with E-state index in [0.717, 1.165) is 0 Å². The van der Waals surface area contributed by atoms with Gasteiger partial charge in [-0.2, -0.15) is 0 Å². The van der Waals surface area contributed by atoms with Gasteiger partial charge in [0.2, 0.25) is 6.71 Å². The minimum absolute atomic E-state index is 0.444. The molecule has 0 fully saturated rings. The standard InChI is InChI=1S/C12H12BN/c1-13(11-5-3-2-4-6-11)12-7-9-14-10-8-12/h2-10H,1H3. The molecule has 14 heavy (non-hydrogen) atoms. The van der Waals surface area contributed by atoms with Crippen LogP contribution in [0.3, 0.4) is 0 Å². The molecule has 0 bridgehead atoms. The smallest absolute Gasteiger partial charge is 0.206 e. The van der Waals surface area contributed by atoms with Crippen LogP contribution in [0.15, 0.2) is 54.9 Å². The first-order valence-corrected chi connectivity index (χ1v) is 4.83. The molecule has 0 saturated carbocycles. The van der Waals surface area contributed by atoms with Crippen molar-refractivity contribution in [3.05, 3.63) is 54.9 Å². The van der Waals surface area contributed by atoms with E-state index in [0.29, 0.717) is 6.71 Å². The Morgan fingerprint density at radius 3 is 2.07 bits per heavy atom. The van der Waals surface area contributed by atoms with Crippen LogP contribution in [0.2, 0.25) is 6.82 Å². The molecule has 0 unspecified atom stereocenters. The second kappa shape index (κ2) is 4.10. The van der Waals surface area contributed by atoms with Gasteiger partial charge in [-0.1, -0.05) is 48.1 Å². The van der Waals surface area contributed by atoms with Crippen LogP contribution in [-0.2, 0) is 0 Å². The van der Waals surface area contributed by atoms with Gasteiger partial charge in [0.1, 0.15) is 0 Å². The Bertz CT molecular complexity index is 346. The summed E-state index contributed by atoms with van der Waals surface area (Å²) < 4.78 is 0. The first-order valence-electron chi connectivity index (χ1n) is 4.83. The van der Waals surface area contributed by atoms with Crippen molar-refractivity contribution in [3.8, 4) is 0 Å². The average molecular weight is 181 g/mol. The summed E-state index contributed by atoms with van der Waals surface area (Å²) in [7, 11) is 0. The minimum atomic E-state index is 0.444. The maximum Gasteiger partial charge on any atom is 0.206 e. The van der Waals surface area contributed by atoms with Crippen LogP contribution < -0.4 is 10.9 Å². The molecule has 1 aromatic carbocycles. The van der Waals surface area contributed by atoms with Gasteiger partial charge in [0.05, 0.1) is 0 Å². The van der Waals surface area contributed by atoms with Gasteiger partial charge in [-0.05, 0) is 12.1 Å². The van der Waals surface area contributed by atoms with Crippen molar-refractivity contribution in [2.45, 2.75) is 6.82 Å². The van der Waals surface area contributed by atoms with Crippen molar-refractivity contribution in [2.24, 2.45) is 0 Å². The second-order valence-electron chi connectivity index (χ2n) is 3.41. The molecule has 1 heterocycles. The maximum atomic E-state index is 4.02. The molecule has 68 valence electrons. The van der Waals surface area contributed by atoms with E-state index in [1.165, 1.54) is 10.9 Å². The molecule has 0 amide bonds. The van der Waals surface area contributed by atoms with Crippen LogP contribution in [0, 0.1) is 0 Å². The van der Waals surface area contributed by atoms with Crippen LogP contribution in [0.25, 0.3) is 0 Å². The predicted octanol–water partition coefficient (Wildman–Crippen LogP) is 1.32. The summed E-state index contributed by atoms with van der Waals surface area (Å²) in [6, 6.07) is 14.6. The van der Waals surface area contributed by atoms with E-state index in [9.17, 15) is 0 Å². The van der Waals surface area contributed by atoms with Crippen molar-refractivity contribution < 1.29 is 0 Å². The third-order valence-corrected chi connectivity index (χ3v) is 2.51. The van der Waals surface area contributed by atoms with E-state index in [-0.39, 0.29) is 0 Å². The molecule has 2 rings (SSSR count). The molecular weight excluding hydrogens is 169 g/mol. The van der Waals surface area contributed by atoms with Crippen LogP contribution >= 0.6 is 0 Å². The number of hydrogen-bond donors (Lipinski definition) is 0. The van der Waals surface area contributed by atoms with Crippen LogP contribution in [0.1, 0.15) is 0 Å². The van der Waals surface area contributed by atoms with E-state index >= 15 is 0 Å². The van der Waals surface area contributed by atoms with Crippen LogP contribution in [0.5, 0.6) is 0 Å². The molecule has 0 aliphatic rings. The Hall–Kier alpha value is -1.57. The number of hydrogen-bond acceptors (Lipinski definition) is 1. The number of nitrogens with zero attached hydrogens (tertiary/aromatic N) is 1. The molecule has 1 nitrogen and oxygen atoms in total. The highest BCUT2D eigenvalue weighted by Gasteiger charge is 2.10. The lowest BCUT2D eigenvalue weighted by Gasteiger charge is -2.07. The summed E-state index contributed by atoms with van der Waals surface area (Å²) >= 11 is 0. The third-order valence-electron chi connectivity index (χ3n) is 2.51. The number of pyridine rings is 1. The highest BCUT2D eigenvalue weighted by Crippen LogP contribution is 1.90. The van der Waals surface area contributed by atoms with Crippen molar-refractivity contribution in [1.82, 2.24) is 4.98 Å². The fraction of sp³-hybridized carbons (Fsp3) is 0.0833. The molecule has 0 saturated heterocycles. The lowest BCUT2D eigenvalue weighted by atomic mass is 9.43. The van der Waals surface area contributed by atoms with Crippen molar-refractivity contribution in [2.75, 3.05) is 0 Å². The first kappa shape index (κ1) is 9.01. The Labute approximate surface area is 84.9 Å². The topological polar surface area (TPSA) is 12.9 Å². The molecule has 0 aliphatic carbocycles. The zero-order valence-electron chi connectivity index (χ0n) is 8.22. The Morgan fingerprint density at radius 1 is 0.857 bits per heavy atom. The molecule has 2 aromatic rings. The monoisotopic (exact) mass is 181 g/mol. The predicted molar refractivity (Wildman–Crippen MR) is 61.6 cm³/mol. The largest absolute Gasteiger partial charge is 0.265 e. The van der Waals surface area contributed by atoms with Crippen LogP contribution in [0.4, 0.5) is 0 Å².